The molecule has 0 bridgehead atoms. The highest BCUT2D eigenvalue weighted by Gasteiger charge is 2.44. The quantitative estimate of drug-likeness (QED) is 0.590. The highest BCUT2D eigenvalue weighted by atomic mass is 32.1. The molecule has 0 saturated heterocycles. The van der Waals surface area contributed by atoms with Crippen LogP contribution in [0.15, 0.2) is 77.6 Å². The van der Waals surface area contributed by atoms with Crippen LogP contribution in [0.2, 0.25) is 0 Å². The minimum atomic E-state index is -0.726. The van der Waals surface area contributed by atoms with Crippen molar-refractivity contribution in [3.63, 3.8) is 0 Å². The van der Waals surface area contributed by atoms with Crippen molar-refractivity contribution in [1.82, 2.24) is 4.98 Å². The van der Waals surface area contributed by atoms with E-state index in [4.69, 9.17) is 0 Å². The smallest absolute Gasteiger partial charge is 0.294 e. The van der Waals surface area contributed by atoms with Crippen molar-refractivity contribution in [3.8, 4) is 0 Å². The molecule has 5 nitrogen and oxygen atoms in total. The zero-order valence-electron chi connectivity index (χ0n) is 17.0. The molecule has 6 heteroatoms. The second kappa shape index (κ2) is 7.54. The van der Waals surface area contributed by atoms with E-state index in [-0.39, 0.29) is 16.8 Å². The molecule has 1 aliphatic rings. The Balaban J connectivity index is 1.83. The predicted octanol–water partition coefficient (Wildman–Crippen LogP) is 5.22. The molecule has 1 atom stereocenters. The Bertz CT molecular complexity index is 1110. The molecule has 0 radical (unpaired) electrons. The average molecular weight is 419 g/mol. The third kappa shape index (κ3) is 3.44. The summed E-state index contributed by atoms with van der Waals surface area (Å²) in [6, 6.07) is 13.9. The van der Waals surface area contributed by atoms with Crippen molar-refractivity contribution in [2.75, 3.05) is 4.90 Å². The van der Waals surface area contributed by atoms with Gasteiger partial charge in [0.05, 0.1) is 16.5 Å². The van der Waals surface area contributed by atoms with Gasteiger partial charge in [-0.15, -0.1) is 11.3 Å². The van der Waals surface area contributed by atoms with Crippen LogP contribution < -0.4 is 4.90 Å². The molecular formula is C24H22N2O3S. The number of anilines is 1. The second-order valence-corrected chi connectivity index (χ2v) is 9.17. The number of amides is 1. The number of aliphatic hydroxyl groups excluding tert-OH is 1. The van der Waals surface area contributed by atoms with E-state index in [9.17, 15) is 14.7 Å². The normalized spacial score (nSPS) is 17.0. The van der Waals surface area contributed by atoms with Crippen molar-refractivity contribution in [1.29, 1.82) is 0 Å². The first-order chi connectivity index (χ1) is 14.3. The maximum absolute atomic E-state index is 13.2. The average Bonchev–Trinajstić information content (AvgIpc) is 3.35. The molecule has 152 valence electrons. The molecule has 1 aromatic carbocycles. The van der Waals surface area contributed by atoms with Crippen LogP contribution in [0, 0.1) is 0 Å². The molecule has 0 saturated carbocycles. The summed E-state index contributed by atoms with van der Waals surface area (Å²) in [6.07, 6.45) is 3.23. The van der Waals surface area contributed by atoms with E-state index < -0.39 is 17.7 Å². The van der Waals surface area contributed by atoms with E-state index in [1.165, 1.54) is 16.2 Å². The Labute approximate surface area is 179 Å². The largest absolute Gasteiger partial charge is 0.503 e. The number of aliphatic hydroxyl groups is 1. The summed E-state index contributed by atoms with van der Waals surface area (Å²) in [4.78, 5) is 32.3. The molecule has 4 rings (SSSR count). The van der Waals surface area contributed by atoms with E-state index in [1.54, 1.807) is 42.0 Å². The molecule has 0 aliphatic carbocycles. The molecule has 2 aromatic heterocycles. The van der Waals surface area contributed by atoms with E-state index in [0.29, 0.717) is 16.1 Å². The first kappa shape index (κ1) is 20.0. The summed E-state index contributed by atoms with van der Waals surface area (Å²) in [5.41, 5.74) is 2.52. The van der Waals surface area contributed by atoms with Crippen molar-refractivity contribution in [2.24, 2.45) is 0 Å². The fourth-order valence-electron chi connectivity index (χ4n) is 3.63. The Kier molecular flexibility index (Phi) is 5.03. The number of rotatable bonds is 4. The third-order valence-corrected chi connectivity index (χ3v) is 6.10. The maximum atomic E-state index is 13.2. The number of carbonyl (C=O) groups excluding carboxylic acids is 2. The van der Waals surface area contributed by atoms with Gasteiger partial charge < -0.3 is 5.11 Å². The zero-order chi connectivity index (χ0) is 21.5. The van der Waals surface area contributed by atoms with Crippen molar-refractivity contribution < 1.29 is 14.7 Å². The molecule has 30 heavy (non-hydrogen) atoms. The fourth-order valence-corrected chi connectivity index (χ4v) is 4.31. The molecular weight excluding hydrogens is 396 g/mol. The van der Waals surface area contributed by atoms with Gasteiger partial charge in [-0.3, -0.25) is 19.5 Å². The number of nitrogens with zero attached hydrogens (tertiary/aromatic N) is 2. The van der Waals surface area contributed by atoms with E-state index in [1.807, 2.05) is 24.3 Å². The van der Waals surface area contributed by atoms with Crippen LogP contribution in [0.4, 0.5) is 5.69 Å². The van der Waals surface area contributed by atoms with Gasteiger partial charge in [0.1, 0.15) is 0 Å². The minimum Gasteiger partial charge on any atom is -0.503 e. The monoisotopic (exact) mass is 418 g/mol. The summed E-state index contributed by atoms with van der Waals surface area (Å²) in [5.74, 6) is -1.43. The van der Waals surface area contributed by atoms with Crippen molar-refractivity contribution >= 4 is 28.7 Å². The van der Waals surface area contributed by atoms with Crippen molar-refractivity contribution in [3.05, 3.63) is 93.6 Å². The molecule has 1 amide bonds. The van der Waals surface area contributed by atoms with Crippen LogP contribution in [-0.2, 0) is 10.2 Å². The maximum Gasteiger partial charge on any atom is 0.294 e. The Morgan fingerprint density at radius 1 is 1.07 bits per heavy atom. The Morgan fingerprint density at radius 3 is 2.30 bits per heavy atom. The van der Waals surface area contributed by atoms with Crippen molar-refractivity contribution in [2.45, 2.75) is 32.2 Å². The number of aromatic nitrogens is 1. The lowest BCUT2D eigenvalue weighted by Crippen LogP contribution is -2.31. The summed E-state index contributed by atoms with van der Waals surface area (Å²) in [5, 5.41) is 12.5. The lowest BCUT2D eigenvalue weighted by atomic mass is 9.87. The lowest BCUT2D eigenvalue weighted by Gasteiger charge is -2.27. The molecule has 3 aromatic rings. The van der Waals surface area contributed by atoms with Crippen LogP contribution >= 0.6 is 11.3 Å². The van der Waals surface area contributed by atoms with E-state index in [2.05, 4.69) is 25.8 Å². The van der Waals surface area contributed by atoms with Crippen LogP contribution in [0.1, 0.15) is 47.6 Å². The molecule has 3 heterocycles. The first-order valence-corrected chi connectivity index (χ1v) is 10.5. The van der Waals surface area contributed by atoms with E-state index in [0.717, 1.165) is 5.56 Å². The predicted molar refractivity (Wildman–Crippen MR) is 118 cm³/mol. The molecule has 0 fully saturated rings. The highest BCUT2D eigenvalue weighted by Crippen LogP contribution is 2.42. The highest BCUT2D eigenvalue weighted by molar-refractivity contribution is 7.12. The summed E-state index contributed by atoms with van der Waals surface area (Å²) in [6.45, 7) is 6.36. The first-order valence-electron chi connectivity index (χ1n) is 9.64. The van der Waals surface area contributed by atoms with Gasteiger partial charge in [-0.05, 0) is 52.3 Å². The topological polar surface area (TPSA) is 70.5 Å². The van der Waals surface area contributed by atoms with Gasteiger partial charge in [0.2, 0.25) is 5.78 Å². The lowest BCUT2D eigenvalue weighted by molar-refractivity contribution is -0.117. The number of pyridine rings is 1. The van der Waals surface area contributed by atoms with Gasteiger partial charge >= 0.3 is 0 Å². The van der Waals surface area contributed by atoms with Gasteiger partial charge in [0, 0.05) is 18.1 Å². The number of hydrogen-bond acceptors (Lipinski definition) is 5. The number of benzene rings is 1. The number of carbonyl (C=O) groups is 2. The number of thiophene rings is 1. The van der Waals surface area contributed by atoms with Gasteiger partial charge in [-0.2, -0.15) is 0 Å². The SMILES string of the molecule is CC(C)(C)c1ccc(N2C(=O)C(O)=C(C(=O)c3cccs3)C2c2ccncc2)cc1. The van der Waals surface area contributed by atoms with E-state index >= 15 is 0 Å². The molecule has 1 N–H and O–H groups in total. The van der Waals surface area contributed by atoms with Crippen LogP contribution in [0.25, 0.3) is 0 Å². The van der Waals surface area contributed by atoms with Gasteiger partial charge in [0.25, 0.3) is 5.91 Å². The zero-order valence-corrected chi connectivity index (χ0v) is 17.8. The van der Waals surface area contributed by atoms with Gasteiger partial charge in [-0.1, -0.05) is 39.0 Å². The third-order valence-electron chi connectivity index (χ3n) is 5.23. The van der Waals surface area contributed by atoms with Crippen LogP contribution in [-0.4, -0.2) is 21.8 Å². The fraction of sp³-hybridized carbons (Fsp3) is 0.208. The number of Topliss-reactive ketones (excluding diaryl/α,β-unsaturated/α-hetero) is 1. The number of hydrogen-bond donors (Lipinski definition) is 1. The van der Waals surface area contributed by atoms with Gasteiger partial charge in [-0.25, -0.2) is 0 Å². The van der Waals surface area contributed by atoms with Crippen LogP contribution in [0.5, 0.6) is 0 Å². The summed E-state index contributed by atoms with van der Waals surface area (Å²) >= 11 is 1.28. The Hall–Kier alpha value is -3.25. The number of ketones is 1. The summed E-state index contributed by atoms with van der Waals surface area (Å²) in [7, 11) is 0. The summed E-state index contributed by atoms with van der Waals surface area (Å²) < 4.78 is 0. The second-order valence-electron chi connectivity index (χ2n) is 8.22. The molecule has 0 spiro atoms. The standard InChI is InChI=1S/C24H22N2O3S/c1-24(2,3)16-6-8-17(9-7-16)26-20(15-10-12-25-13-11-15)19(22(28)23(26)29)21(27)18-5-4-14-30-18/h4-14,20,28H,1-3H3. The Morgan fingerprint density at radius 2 is 1.73 bits per heavy atom. The van der Waals surface area contributed by atoms with Gasteiger partial charge in [0.15, 0.2) is 5.76 Å². The van der Waals surface area contributed by atoms with Crippen LogP contribution in [0.3, 0.4) is 0 Å². The molecule has 1 unspecified atom stereocenters. The minimum absolute atomic E-state index is 0.0290. The molecule has 1 aliphatic heterocycles.